The highest BCUT2D eigenvalue weighted by Gasteiger charge is 2.19. The number of nitrogens with zero attached hydrogens (tertiary/aromatic N) is 1. The van der Waals surface area contributed by atoms with Crippen molar-refractivity contribution in [2.45, 2.75) is 6.92 Å². The molecule has 5 nitrogen and oxygen atoms in total. The molecule has 24 heavy (non-hydrogen) atoms. The lowest BCUT2D eigenvalue weighted by Crippen LogP contribution is -2.09. The van der Waals surface area contributed by atoms with Crippen molar-refractivity contribution >= 4 is 34.2 Å². The van der Waals surface area contributed by atoms with Gasteiger partial charge < -0.3 is 19.8 Å². The standard InChI is InChI=1S/C18H17ClN2O3/c1-3-23-18(22)15-10-13-14(19)8-9-16(17(13)21(15)2)24-12-6-4-11(20)5-7-12/h4-10H,3,20H2,1-2H3. The second kappa shape index (κ2) is 6.45. The topological polar surface area (TPSA) is 66.5 Å². The lowest BCUT2D eigenvalue weighted by Gasteiger charge is -2.10. The second-order valence-electron chi connectivity index (χ2n) is 5.29. The van der Waals surface area contributed by atoms with Crippen molar-refractivity contribution in [3.63, 3.8) is 0 Å². The maximum Gasteiger partial charge on any atom is 0.354 e. The van der Waals surface area contributed by atoms with E-state index in [9.17, 15) is 4.79 Å². The Kier molecular flexibility index (Phi) is 4.36. The molecule has 0 bridgehead atoms. The molecule has 1 aromatic heterocycles. The third kappa shape index (κ3) is 2.90. The van der Waals surface area contributed by atoms with Crippen LogP contribution in [0.25, 0.3) is 10.9 Å². The van der Waals surface area contributed by atoms with Gasteiger partial charge in [-0.1, -0.05) is 11.6 Å². The number of carbonyl (C=O) groups is 1. The van der Waals surface area contributed by atoms with E-state index in [1.165, 1.54) is 0 Å². The van der Waals surface area contributed by atoms with E-state index in [-0.39, 0.29) is 0 Å². The van der Waals surface area contributed by atoms with Crippen LogP contribution < -0.4 is 10.5 Å². The first-order chi connectivity index (χ1) is 11.5. The van der Waals surface area contributed by atoms with Crippen LogP contribution in [0.15, 0.2) is 42.5 Å². The molecule has 2 N–H and O–H groups in total. The number of benzene rings is 2. The largest absolute Gasteiger partial charge is 0.461 e. The molecule has 0 saturated carbocycles. The van der Waals surface area contributed by atoms with Crippen molar-refractivity contribution in [2.75, 3.05) is 12.3 Å². The van der Waals surface area contributed by atoms with Crippen LogP contribution in [0.2, 0.25) is 5.02 Å². The summed E-state index contributed by atoms with van der Waals surface area (Å²) in [5.41, 5.74) is 7.49. The summed E-state index contributed by atoms with van der Waals surface area (Å²) < 4.78 is 12.8. The summed E-state index contributed by atoms with van der Waals surface area (Å²) in [4.78, 5) is 12.1. The number of fused-ring (bicyclic) bond motifs is 1. The van der Waals surface area contributed by atoms with Crippen LogP contribution in [0.3, 0.4) is 0 Å². The van der Waals surface area contributed by atoms with E-state index in [0.29, 0.717) is 34.5 Å². The highest BCUT2D eigenvalue weighted by atomic mass is 35.5. The van der Waals surface area contributed by atoms with Crippen LogP contribution in [0.5, 0.6) is 11.5 Å². The van der Waals surface area contributed by atoms with E-state index in [0.717, 1.165) is 10.9 Å². The minimum absolute atomic E-state index is 0.308. The molecule has 1 heterocycles. The Balaban J connectivity index is 2.10. The van der Waals surface area contributed by atoms with E-state index >= 15 is 0 Å². The number of ether oxygens (including phenoxy) is 2. The Morgan fingerprint density at radius 1 is 1.21 bits per heavy atom. The molecule has 2 aromatic carbocycles. The monoisotopic (exact) mass is 344 g/mol. The van der Waals surface area contributed by atoms with Gasteiger partial charge in [0.1, 0.15) is 11.4 Å². The van der Waals surface area contributed by atoms with Crippen molar-refractivity contribution in [1.82, 2.24) is 4.57 Å². The van der Waals surface area contributed by atoms with E-state index in [1.807, 2.05) is 0 Å². The summed E-state index contributed by atoms with van der Waals surface area (Å²) >= 11 is 6.28. The van der Waals surface area contributed by atoms with Gasteiger partial charge in [0, 0.05) is 18.1 Å². The number of esters is 1. The van der Waals surface area contributed by atoms with Gasteiger partial charge in [0.15, 0.2) is 5.75 Å². The molecule has 0 radical (unpaired) electrons. The zero-order valence-corrected chi connectivity index (χ0v) is 14.1. The highest BCUT2D eigenvalue weighted by Crippen LogP contribution is 2.36. The molecule has 6 heteroatoms. The predicted octanol–water partition coefficient (Wildman–Crippen LogP) is 4.38. The summed E-state index contributed by atoms with van der Waals surface area (Å²) in [6.45, 7) is 2.08. The Morgan fingerprint density at radius 3 is 2.58 bits per heavy atom. The molecule has 0 aliphatic heterocycles. The van der Waals surface area contributed by atoms with Gasteiger partial charge >= 0.3 is 5.97 Å². The average molecular weight is 345 g/mol. The van der Waals surface area contributed by atoms with Crippen LogP contribution in [-0.2, 0) is 11.8 Å². The van der Waals surface area contributed by atoms with Gasteiger partial charge in [-0.2, -0.15) is 0 Å². The minimum Gasteiger partial charge on any atom is -0.461 e. The number of carbonyl (C=O) groups excluding carboxylic acids is 1. The molecule has 0 aliphatic rings. The maximum absolute atomic E-state index is 12.1. The Labute approximate surface area is 144 Å². The number of anilines is 1. The average Bonchev–Trinajstić information content (AvgIpc) is 2.91. The third-order valence-corrected chi connectivity index (χ3v) is 4.03. The Bertz CT molecular complexity index is 901. The molecule has 0 saturated heterocycles. The van der Waals surface area contributed by atoms with E-state index in [4.69, 9.17) is 26.8 Å². The quantitative estimate of drug-likeness (QED) is 0.563. The zero-order chi connectivity index (χ0) is 17.3. The van der Waals surface area contributed by atoms with Crippen molar-refractivity contribution in [3.05, 3.63) is 53.2 Å². The van der Waals surface area contributed by atoms with E-state index in [1.54, 1.807) is 61.0 Å². The number of aromatic nitrogens is 1. The van der Waals surface area contributed by atoms with Crippen molar-refractivity contribution in [2.24, 2.45) is 7.05 Å². The van der Waals surface area contributed by atoms with Gasteiger partial charge in [0.05, 0.1) is 17.1 Å². The molecule has 3 aromatic rings. The zero-order valence-electron chi connectivity index (χ0n) is 13.4. The van der Waals surface area contributed by atoms with Crippen LogP contribution >= 0.6 is 11.6 Å². The molecular weight excluding hydrogens is 328 g/mol. The third-order valence-electron chi connectivity index (χ3n) is 3.70. The minimum atomic E-state index is -0.397. The fourth-order valence-corrected chi connectivity index (χ4v) is 2.75. The van der Waals surface area contributed by atoms with Crippen molar-refractivity contribution in [3.8, 4) is 11.5 Å². The van der Waals surface area contributed by atoms with Crippen LogP contribution in [0.4, 0.5) is 5.69 Å². The molecule has 0 atom stereocenters. The smallest absolute Gasteiger partial charge is 0.354 e. The predicted molar refractivity (Wildman–Crippen MR) is 94.8 cm³/mol. The molecule has 0 fully saturated rings. The summed E-state index contributed by atoms with van der Waals surface area (Å²) in [5, 5.41) is 1.27. The van der Waals surface area contributed by atoms with Crippen LogP contribution in [0.1, 0.15) is 17.4 Å². The molecule has 124 valence electrons. The molecular formula is C18H17ClN2O3. The van der Waals surface area contributed by atoms with Gasteiger partial charge in [-0.3, -0.25) is 0 Å². The summed E-state index contributed by atoms with van der Waals surface area (Å²) in [6.07, 6.45) is 0. The maximum atomic E-state index is 12.1. The molecule has 0 spiro atoms. The van der Waals surface area contributed by atoms with Crippen molar-refractivity contribution < 1.29 is 14.3 Å². The summed E-state index contributed by atoms with van der Waals surface area (Å²) in [5.74, 6) is 0.842. The van der Waals surface area contributed by atoms with E-state index in [2.05, 4.69) is 0 Å². The SMILES string of the molecule is CCOC(=O)c1cc2c(Cl)ccc(Oc3ccc(N)cc3)c2n1C. The fourth-order valence-electron chi connectivity index (χ4n) is 2.55. The first-order valence-corrected chi connectivity index (χ1v) is 7.87. The number of hydrogen-bond acceptors (Lipinski definition) is 4. The van der Waals surface area contributed by atoms with Crippen molar-refractivity contribution in [1.29, 1.82) is 0 Å². The molecule has 0 amide bonds. The highest BCUT2D eigenvalue weighted by molar-refractivity contribution is 6.35. The number of nitrogen functional groups attached to an aromatic ring is 1. The number of nitrogens with two attached hydrogens (primary N) is 1. The first kappa shape index (κ1) is 16.2. The van der Waals surface area contributed by atoms with Crippen LogP contribution in [0, 0.1) is 0 Å². The lowest BCUT2D eigenvalue weighted by atomic mass is 10.2. The van der Waals surface area contributed by atoms with E-state index < -0.39 is 5.97 Å². The molecule has 0 unspecified atom stereocenters. The normalized spacial score (nSPS) is 10.8. The van der Waals surface area contributed by atoms with Gasteiger partial charge in [0.2, 0.25) is 0 Å². The Hall–Kier alpha value is -2.66. The summed E-state index contributed by atoms with van der Waals surface area (Å²) in [7, 11) is 1.78. The first-order valence-electron chi connectivity index (χ1n) is 7.49. The van der Waals surface area contributed by atoms with Gasteiger partial charge in [-0.15, -0.1) is 0 Å². The Morgan fingerprint density at radius 2 is 1.92 bits per heavy atom. The number of rotatable bonds is 4. The van der Waals surface area contributed by atoms with Crippen LogP contribution in [-0.4, -0.2) is 17.1 Å². The lowest BCUT2D eigenvalue weighted by molar-refractivity contribution is 0.0516. The summed E-state index contributed by atoms with van der Waals surface area (Å²) in [6, 6.07) is 12.3. The fraction of sp³-hybridized carbons (Fsp3) is 0.167. The van der Waals surface area contributed by atoms with Gasteiger partial charge in [0.25, 0.3) is 0 Å². The number of halogens is 1. The number of hydrogen-bond donors (Lipinski definition) is 1. The second-order valence-corrected chi connectivity index (χ2v) is 5.70. The van der Waals surface area contributed by atoms with Gasteiger partial charge in [-0.25, -0.2) is 4.79 Å². The number of aryl methyl sites for hydroxylation is 1. The molecule has 3 rings (SSSR count). The van der Waals surface area contributed by atoms with Gasteiger partial charge in [-0.05, 0) is 49.4 Å². The molecule has 0 aliphatic carbocycles.